The molecule has 18 heavy (non-hydrogen) atoms. The summed E-state index contributed by atoms with van der Waals surface area (Å²) in [4.78, 5) is 19.2. The zero-order valence-electron chi connectivity index (χ0n) is 9.29. The maximum Gasteiger partial charge on any atom is 0.283 e. The first-order chi connectivity index (χ1) is 8.63. The highest BCUT2D eigenvalue weighted by Crippen LogP contribution is 2.20. The van der Waals surface area contributed by atoms with E-state index in [4.69, 9.17) is 20.6 Å². The fourth-order valence-electron chi connectivity index (χ4n) is 1.67. The van der Waals surface area contributed by atoms with Crippen LogP contribution in [0.4, 0.5) is 5.69 Å². The Bertz CT molecular complexity index is 661. The van der Waals surface area contributed by atoms with Crippen LogP contribution in [0.15, 0.2) is 27.6 Å². The first-order valence-electron chi connectivity index (χ1n) is 5.30. The van der Waals surface area contributed by atoms with E-state index in [1.54, 1.807) is 18.2 Å². The monoisotopic (exact) mass is 246 g/mol. The maximum atomic E-state index is 11.0. The molecule has 2 heterocycles. The summed E-state index contributed by atoms with van der Waals surface area (Å²) in [6.07, 6.45) is 0. The van der Waals surface area contributed by atoms with E-state index in [0.29, 0.717) is 16.8 Å². The predicted molar refractivity (Wildman–Crippen MR) is 63.9 cm³/mol. The number of amides is 1. The fraction of sp³-hybridized carbons (Fsp3) is 0.182. The van der Waals surface area contributed by atoms with Crippen LogP contribution in [0.5, 0.6) is 0 Å². The summed E-state index contributed by atoms with van der Waals surface area (Å²) in [6.45, 7) is 0.117. The largest absolute Gasteiger partial charge is 0.471 e. The molecular formula is C11H10N4O3. The summed E-state index contributed by atoms with van der Waals surface area (Å²) in [5, 5.41) is 0. The Morgan fingerprint density at radius 3 is 3.00 bits per heavy atom. The highest BCUT2D eigenvalue weighted by Gasteiger charge is 2.27. The first-order valence-corrected chi connectivity index (χ1v) is 5.30. The molecule has 0 spiro atoms. The van der Waals surface area contributed by atoms with E-state index in [2.05, 4.69) is 9.98 Å². The van der Waals surface area contributed by atoms with Crippen LogP contribution in [0, 0.1) is 0 Å². The molecular weight excluding hydrogens is 236 g/mol. The molecule has 0 aliphatic carbocycles. The molecule has 1 aliphatic heterocycles. The molecule has 0 radical (unpaired) electrons. The van der Waals surface area contributed by atoms with E-state index in [0.717, 1.165) is 0 Å². The summed E-state index contributed by atoms with van der Waals surface area (Å²) in [5.41, 5.74) is 12.5. The number of aromatic nitrogens is 1. The molecule has 2 aromatic rings. The number of aliphatic imine (C=N–C) groups is 1. The van der Waals surface area contributed by atoms with Crippen LogP contribution in [-0.4, -0.2) is 29.4 Å². The van der Waals surface area contributed by atoms with Crippen molar-refractivity contribution < 1.29 is 13.9 Å². The Hall–Kier alpha value is -2.57. The smallest absolute Gasteiger partial charge is 0.283 e. The van der Waals surface area contributed by atoms with Crippen LogP contribution in [0.2, 0.25) is 0 Å². The minimum absolute atomic E-state index is 0.117. The van der Waals surface area contributed by atoms with Gasteiger partial charge in [0.05, 0.1) is 0 Å². The van der Waals surface area contributed by atoms with Crippen LogP contribution in [0.25, 0.3) is 11.1 Å². The summed E-state index contributed by atoms with van der Waals surface area (Å²) >= 11 is 0. The van der Waals surface area contributed by atoms with Gasteiger partial charge in [0.25, 0.3) is 11.8 Å². The minimum Gasteiger partial charge on any atom is -0.471 e. The van der Waals surface area contributed by atoms with Gasteiger partial charge in [-0.05, 0) is 12.1 Å². The van der Waals surface area contributed by atoms with Gasteiger partial charge >= 0.3 is 0 Å². The number of benzene rings is 1. The predicted octanol–water partition coefficient (Wildman–Crippen LogP) is 0.0407. The van der Waals surface area contributed by atoms with Crippen LogP contribution in [-0.2, 0) is 9.53 Å². The van der Waals surface area contributed by atoms with Crippen molar-refractivity contribution in [3.05, 3.63) is 24.1 Å². The third-order valence-corrected chi connectivity index (χ3v) is 2.57. The third kappa shape index (κ3) is 1.65. The van der Waals surface area contributed by atoms with Gasteiger partial charge in [-0.2, -0.15) is 0 Å². The molecule has 3 rings (SSSR count). The molecule has 4 N–H and O–H groups in total. The Balaban J connectivity index is 2.00. The number of nitrogens with two attached hydrogens (primary N) is 2. The van der Waals surface area contributed by atoms with Gasteiger partial charge in [0.2, 0.25) is 5.91 Å². The molecule has 92 valence electrons. The molecule has 1 aromatic heterocycles. The van der Waals surface area contributed by atoms with Crippen LogP contribution in [0.3, 0.4) is 0 Å². The normalized spacial score (nSPS) is 18.7. The third-order valence-electron chi connectivity index (χ3n) is 2.57. The van der Waals surface area contributed by atoms with Crippen LogP contribution < -0.4 is 11.5 Å². The van der Waals surface area contributed by atoms with Crippen molar-refractivity contribution in [1.82, 2.24) is 4.98 Å². The summed E-state index contributed by atoms with van der Waals surface area (Å²) in [6, 6.07) is 4.43. The van der Waals surface area contributed by atoms with Gasteiger partial charge < -0.3 is 20.6 Å². The van der Waals surface area contributed by atoms with Crippen molar-refractivity contribution in [2.24, 2.45) is 10.7 Å². The van der Waals surface area contributed by atoms with E-state index in [1.807, 2.05) is 0 Å². The minimum atomic E-state index is -0.680. The number of carbonyl (C=O) groups is 1. The molecule has 1 atom stereocenters. The van der Waals surface area contributed by atoms with Gasteiger partial charge in [-0.25, -0.2) is 9.98 Å². The number of primary amides is 1. The second-order valence-corrected chi connectivity index (χ2v) is 3.91. The lowest BCUT2D eigenvalue weighted by atomic mass is 10.3. The quantitative estimate of drug-likeness (QED) is 0.725. The lowest BCUT2D eigenvalue weighted by molar-refractivity contribution is -0.119. The number of hydrogen-bond donors (Lipinski definition) is 2. The van der Waals surface area contributed by atoms with Crippen molar-refractivity contribution in [3.63, 3.8) is 0 Å². The number of hydrogen-bond acceptors (Lipinski definition) is 6. The van der Waals surface area contributed by atoms with Crippen molar-refractivity contribution in [1.29, 1.82) is 0 Å². The van der Waals surface area contributed by atoms with Crippen LogP contribution >= 0.6 is 0 Å². The second-order valence-electron chi connectivity index (χ2n) is 3.91. The number of carbonyl (C=O) groups excluding carboxylic acids is 1. The highest BCUT2D eigenvalue weighted by molar-refractivity contribution is 5.96. The maximum absolute atomic E-state index is 11.0. The van der Waals surface area contributed by atoms with Gasteiger partial charge in [0, 0.05) is 11.8 Å². The molecule has 1 aromatic carbocycles. The number of oxazole rings is 1. The summed E-state index contributed by atoms with van der Waals surface area (Å²) < 4.78 is 10.7. The van der Waals surface area contributed by atoms with Crippen LogP contribution in [0.1, 0.15) is 5.89 Å². The first kappa shape index (κ1) is 10.6. The molecule has 7 heteroatoms. The number of ether oxygens (including phenoxy) is 1. The standard InChI is InChI=1S/C11H10N4O3/c12-5-1-2-6-8(3-5)18-11(14-6)10-15-7(4-17-10)9(13)16/h1-3,7H,4,12H2,(H2,13,16). The zero-order chi connectivity index (χ0) is 12.7. The average Bonchev–Trinajstić information content (AvgIpc) is 2.93. The van der Waals surface area contributed by atoms with Gasteiger partial charge in [0.1, 0.15) is 12.1 Å². The topological polar surface area (TPSA) is 117 Å². The number of rotatable bonds is 2. The van der Waals surface area contributed by atoms with Gasteiger partial charge in [0.15, 0.2) is 11.6 Å². The van der Waals surface area contributed by atoms with Crippen molar-refractivity contribution >= 4 is 28.6 Å². The van der Waals surface area contributed by atoms with Crippen molar-refractivity contribution in [2.45, 2.75) is 6.04 Å². The molecule has 7 nitrogen and oxygen atoms in total. The fourth-order valence-corrected chi connectivity index (χ4v) is 1.67. The highest BCUT2D eigenvalue weighted by atomic mass is 16.5. The Morgan fingerprint density at radius 1 is 1.44 bits per heavy atom. The van der Waals surface area contributed by atoms with E-state index < -0.39 is 11.9 Å². The van der Waals surface area contributed by atoms with Gasteiger partial charge in [-0.3, -0.25) is 4.79 Å². The molecule has 1 amide bonds. The molecule has 0 fully saturated rings. The number of fused-ring (bicyclic) bond motifs is 1. The van der Waals surface area contributed by atoms with E-state index in [1.165, 1.54) is 0 Å². The average molecular weight is 246 g/mol. The summed E-state index contributed by atoms with van der Waals surface area (Å²) in [5.74, 6) is -0.127. The zero-order valence-corrected chi connectivity index (χ0v) is 9.29. The van der Waals surface area contributed by atoms with E-state index in [-0.39, 0.29) is 18.4 Å². The van der Waals surface area contributed by atoms with E-state index >= 15 is 0 Å². The Morgan fingerprint density at radius 2 is 2.28 bits per heavy atom. The molecule has 0 bridgehead atoms. The van der Waals surface area contributed by atoms with Gasteiger partial charge in [-0.1, -0.05) is 0 Å². The summed E-state index contributed by atoms with van der Waals surface area (Å²) in [7, 11) is 0. The number of anilines is 1. The number of nitrogens with zero attached hydrogens (tertiary/aromatic N) is 2. The molecule has 1 unspecified atom stereocenters. The number of nitrogen functional groups attached to an aromatic ring is 1. The Kier molecular flexibility index (Phi) is 2.19. The SMILES string of the molecule is NC(=O)C1COC(c2nc3ccc(N)cc3o2)=N1. The molecule has 1 aliphatic rings. The molecule has 0 saturated heterocycles. The molecule has 0 saturated carbocycles. The van der Waals surface area contributed by atoms with E-state index in [9.17, 15) is 4.79 Å². The lowest BCUT2D eigenvalue weighted by Gasteiger charge is -1.95. The second kappa shape index (κ2) is 3.73. The Labute approximate surface area is 101 Å². The van der Waals surface area contributed by atoms with Gasteiger partial charge in [-0.15, -0.1) is 0 Å². The lowest BCUT2D eigenvalue weighted by Crippen LogP contribution is -2.27. The van der Waals surface area contributed by atoms with Crippen molar-refractivity contribution in [3.8, 4) is 0 Å². The van der Waals surface area contributed by atoms with Crippen molar-refractivity contribution in [2.75, 3.05) is 12.3 Å².